The van der Waals surface area contributed by atoms with Gasteiger partial charge in [-0.3, -0.25) is 25.0 Å². The van der Waals surface area contributed by atoms with Crippen molar-refractivity contribution in [3.8, 4) is 0 Å². The number of non-ortho nitro benzene ring substituents is 1. The van der Waals surface area contributed by atoms with Crippen LogP contribution in [0.1, 0.15) is 10.4 Å². The molecule has 0 aliphatic carbocycles. The molecule has 2 aromatic rings. The fourth-order valence-electron chi connectivity index (χ4n) is 1.85. The number of hydrogen-bond acceptors (Lipinski definition) is 7. The molecule has 0 fully saturated rings. The first-order chi connectivity index (χ1) is 10.8. The molecule has 0 atom stereocenters. The number of nitro benzene ring substituents is 2. The lowest BCUT2D eigenvalue weighted by atomic mass is 10.2. The summed E-state index contributed by atoms with van der Waals surface area (Å²) in [7, 11) is -4.26. The molecule has 2 aromatic carbocycles. The highest BCUT2D eigenvalue weighted by atomic mass is 32.2. The third-order valence-electron chi connectivity index (χ3n) is 2.96. The summed E-state index contributed by atoms with van der Waals surface area (Å²) in [6.45, 7) is 0. The Morgan fingerprint density at radius 2 is 1.52 bits per heavy atom. The van der Waals surface area contributed by atoms with Crippen LogP contribution in [0.4, 0.5) is 11.4 Å². The second-order valence-corrected chi connectivity index (χ2v) is 6.27. The van der Waals surface area contributed by atoms with Gasteiger partial charge in [0.15, 0.2) is 0 Å². The van der Waals surface area contributed by atoms with Crippen LogP contribution in [0.15, 0.2) is 52.3 Å². The molecule has 0 aliphatic rings. The van der Waals surface area contributed by atoms with Gasteiger partial charge in [0.05, 0.1) is 14.7 Å². The third-order valence-corrected chi connectivity index (χ3v) is 4.78. The van der Waals surface area contributed by atoms with Crippen LogP contribution in [0, 0.1) is 20.2 Å². The van der Waals surface area contributed by atoms with Crippen molar-refractivity contribution in [2.24, 2.45) is 0 Å². The van der Waals surface area contributed by atoms with Crippen LogP contribution in [0.2, 0.25) is 0 Å². The second-order valence-electron chi connectivity index (χ2n) is 4.36. The van der Waals surface area contributed by atoms with Gasteiger partial charge in [0.1, 0.15) is 11.2 Å². The first-order valence-corrected chi connectivity index (χ1v) is 7.49. The van der Waals surface area contributed by atoms with E-state index in [0.717, 1.165) is 42.5 Å². The van der Waals surface area contributed by atoms with E-state index >= 15 is 0 Å². The summed E-state index contributed by atoms with van der Waals surface area (Å²) >= 11 is 0. The van der Waals surface area contributed by atoms with Crippen molar-refractivity contribution in [1.29, 1.82) is 0 Å². The number of carbonyl (C=O) groups is 1. The largest absolute Gasteiger partial charge is 0.298 e. The molecule has 9 nitrogen and oxygen atoms in total. The summed E-state index contributed by atoms with van der Waals surface area (Å²) < 4.78 is 25.0. The number of carbonyl (C=O) groups excluding carboxylic acids is 1. The minimum absolute atomic E-state index is 0.0423. The van der Waals surface area contributed by atoms with E-state index in [-0.39, 0.29) is 16.1 Å². The van der Waals surface area contributed by atoms with E-state index in [0.29, 0.717) is 6.29 Å². The van der Waals surface area contributed by atoms with Crippen LogP contribution >= 0.6 is 0 Å². The standard InChI is InChI=1S/C13H8N2O7S/c16-8-9-1-6-13(12(7-9)15(19)20)23(21,22)11-4-2-10(3-5-11)14(17)18/h1-8H. The van der Waals surface area contributed by atoms with Gasteiger partial charge in [-0.05, 0) is 24.3 Å². The Morgan fingerprint density at radius 1 is 0.913 bits per heavy atom. The topological polar surface area (TPSA) is 137 Å². The maximum atomic E-state index is 12.5. The number of sulfone groups is 1. The van der Waals surface area contributed by atoms with Gasteiger partial charge in [-0.25, -0.2) is 8.42 Å². The average Bonchev–Trinajstić information content (AvgIpc) is 2.54. The van der Waals surface area contributed by atoms with Gasteiger partial charge >= 0.3 is 0 Å². The van der Waals surface area contributed by atoms with E-state index in [1.807, 2.05) is 0 Å². The lowest BCUT2D eigenvalue weighted by Gasteiger charge is -2.06. The lowest BCUT2D eigenvalue weighted by Crippen LogP contribution is -2.06. The predicted octanol–water partition coefficient (Wildman–Crippen LogP) is 2.15. The quantitative estimate of drug-likeness (QED) is 0.463. The molecule has 0 spiro atoms. The van der Waals surface area contributed by atoms with Crippen molar-refractivity contribution in [3.05, 3.63) is 68.3 Å². The summed E-state index contributed by atoms with van der Waals surface area (Å²) in [5.74, 6) is 0. The Kier molecular flexibility index (Phi) is 4.18. The summed E-state index contributed by atoms with van der Waals surface area (Å²) in [6.07, 6.45) is 0.356. The molecule has 2 rings (SSSR count). The fraction of sp³-hybridized carbons (Fsp3) is 0. The number of nitrogens with zero attached hydrogens (tertiary/aromatic N) is 2. The first-order valence-electron chi connectivity index (χ1n) is 6.00. The highest BCUT2D eigenvalue weighted by molar-refractivity contribution is 7.91. The monoisotopic (exact) mass is 336 g/mol. The van der Waals surface area contributed by atoms with E-state index in [4.69, 9.17) is 0 Å². The van der Waals surface area contributed by atoms with Crippen LogP contribution in [0.5, 0.6) is 0 Å². The number of nitro groups is 2. The lowest BCUT2D eigenvalue weighted by molar-refractivity contribution is -0.387. The van der Waals surface area contributed by atoms with E-state index in [9.17, 15) is 33.4 Å². The van der Waals surface area contributed by atoms with Gasteiger partial charge in [0, 0.05) is 23.8 Å². The molecular formula is C13H8N2O7S. The number of benzene rings is 2. The zero-order valence-corrected chi connectivity index (χ0v) is 12.1. The van der Waals surface area contributed by atoms with Gasteiger partial charge in [-0.15, -0.1) is 0 Å². The minimum atomic E-state index is -4.26. The molecule has 0 aromatic heterocycles. The molecule has 0 unspecified atom stereocenters. The van der Waals surface area contributed by atoms with Crippen LogP contribution in [-0.4, -0.2) is 24.6 Å². The van der Waals surface area contributed by atoms with Crippen LogP contribution in [0.3, 0.4) is 0 Å². The highest BCUT2D eigenvalue weighted by Gasteiger charge is 2.28. The van der Waals surface area contributed by atoms with Gasteiger partial charge < -0.3 is 0 Å². The first kappa shape index (κ1) is 16.2. The number of aldehydes is 1. The molecule has 10 heteroatoms. The summed E-state index contributed by atoms with van der Waals surface area (Å²) in [5, 5.41) is 21.6. The molecule has 0 N–H and O–H groups in total. The Labute approximate surface area is 129 Å². The molecule has 118 valence electrons. The van der Waals surface area contributed by atoms with E-state index in [1.54, 1.807) is 0 Å². The molecule has 0 saturated carbocycles. The normalized spacial score (nSPS) is 11.0. The Bertz CT molecular complexity index is 904. The Hall–Kier alpha value is -3.14. The fourth-order valence-corrected chi connectivity index (χ4v) is 3.26. The molecule has 0 heterocycles. The van der Waals surface area contributed by atoms with Gasteiger partial charge in [-0.2, -0.15) is 0 Å². The van der Waals surface area contributed by atoms with Crippen molar-refractivity contribution in [2.75, 3.05) is 0 Å². The molecule has 0 amide bonds. The molecule has 23 heavy (non-hydrogen) atoms. The molecule has 0 radical (unpaired) electrons. The van der Waals surface area contributed by atoms with E-state index in [1.165, 1.54) is 0 Å². The van der Waals surface area contributed by atoms with E-state index < -0.39 is 30.3 Å². The number of rotatable bonds is 5. The zero-order chi connectivity index (χ0) is 17.2. The van der Waals surface area contributed by atoms with Crippen molar-refractivity contribution in [1.82, 2.24) is 0 Å². The van der Waals surface area contributed by atoms with Gasteiger partial charge in [-0.1, -0.05) is 0 Å². The minimum Gasteiger partial charge on any atom is -0.298 e. The van der Waals surface area contributed by atoms with Crippen molar-refractivity contribution in [3.63, 3.8) is 0 Å². The summed E-state index contributed by atoms with van der Waals surface area (Å²) in [6, 6.07) is 6.90. The van der Waals surface area contributed by atoms with Crippen LogP contribution in [0.25, 0.3) is 0 Å². The van der Waals surface area contributed by atoms with Gasteiger partial charge in [0.2, 0.25) is 9.84 Å². The highest BCUT2D eigenvalue weighted by Crippen LogP contribution is 2.30. The Morgan fingerprint density at radius 3 is 2.00 bits per heavy atom. The van der Waals surface area contributed by atoms with Crippen molar-refractivity contribution in [2.45, 2.75) is 9.79 Å². The molecular weight excluding hydrogens is 328 g/mol. The maximum Gasteiger partial charge on any atom is 0.289 e. The molecule has 0 aliphatic heterocycles. The van der Waals surface area contributed by atoms with E-state index in [2.05, 4.69) is 0 Å². The summed E-state index contributed by atoms with van der Waals surface area (Å²) in [4.78, 5) is 29.8. The maximum absolute atomic E-state index is 12.5. The predicted molar refractivity (Wildman–Crippen MR) is 77.0 cm³/mol. The average molecular weight is 336 g/mol. The second kappa shape index (κ2) is 5.93. The van der Waals surface area contributed by atoms with Crippen molar-refractivity contribution >= 4 is 27.5 Å². The van der Waals surface area contributed by atoms with Crippen LogP contribution in [-0.2, 0) is 9.84 Å². The smallest absolute Gasteiger partial charge is 0.289 e. The molecule has 0 bridgehead atoms. The molecule has 0 saturated heterocycles. The zero-order valence-electron chi connectivity index (χ0n) is 11.3. The van der Waals surface area contributed by atoms with Crippen LogP contribution < -0.4 is 0 Å². The SMILES string of the molecule is O=Cc1ccc(S(=O)(=O)c2ccc([N+](=O)[O-])cc2)c([N+](=O)[O-])c1. The van der Waals surface area contributed by atoms with Crippen molar-refractivity contribution < 1.29 is 23.1 Å². The summed E-state index contributed by atoms with van der Waals surface area (Å²) in [5.41, 5.74) is -1.10. The number of hydrogen-bond donors (Lipinski definition) is 0. The Balaban J connectivity index is 2.61. The third kappa shape index (κ3) is 3.06. The van der Waals surface area contributed by atoms with Gasteiger partial charge in [0.25, 0.3) is 11.4 Å².